The fourth-order valence-corrected chi connectivity index (χ4v) is 1.91. The Morgan fingerprint density at radius 2 is 2.17 bits per heavy atom. The molecule has 1 aromatic rings. The van der Waals surface area contributed by atoms with Gasteiger partial charge in [-0.3, -0.25) is 4.79 Å². The second-order valence-corrected chi connectivity index (χ2v) is 4.26. The Morgan fingerprint density at radius 3 is 2.67 bits per heavy atom. The lowest BCUT2D eigenvalue weighted by Gasteiger charge is -2.02. The van der Waals surface area contributed by atoms with Crippen molar-refractivity contribution in [1.29, 1.82) is 0 Å². The molecule has 0 bridgehead atoms. The Bertz CT molecular complexity index is 338. The first-order chi connectivity index (χ1) is 5.52. The Hall–Kier alpha value is 0.0300. The van der Waals surface area contributed by atoms with Crippen LogP contribution in [-0.2, 0) is 0 Å². The van der Waals surface area contributed by atoms with Crippen LogP contribution in [0.25, 0.3) is 0 Å². The Morgan fingerprint density at radius 1 is 1.58 bits per heavy atom. The summed E-state index contributed by atoms with van der Waals surface area (Å²) < 4.78 is 14.2. The van der Waals surface area contributed by atoms with Gasteiger partial charge in [-0.2, -0.15) is 0 Å². The van der Waals surface area contributed by atoms with E-state index in [1.165, 1.54) is 19.1 Å². The Balaban J connectivity index is 3.37. The summed E-state index contributed by atoms with van der Waals surface area (Å²) in [5, 5.41) is 0. The second kappa shape index (κ2) is 3.83. The lowest BCUT2D eigenvalue weighted by Crippen LogP contribution is -1.96. The molecule has 1 rings (SSSR count). The molecule has 0 N–H and O–H groups in total. The van der Waals surface area contributed by atoms with Gasteiger partial charge in [-0.05, 0) is 57.6 Å². The third kappa shape index (κ3) is 2.04. The van der Waals surface area contributed by atoms with Crippen LogP contribution in [0.4, 0.5) is 4.39 Å². The van der Waals surface area contributed by atoms with Crippen molar-refractivity contribution in [2.24, 2.45) is 0 Å². The lowest BCUT2D eigenvalue weighted by molar-refractivity contribution is 0.101. The van der Waals surface area contributed by atoms with E-state index < -0.39 is 0 Å². The number of halogens is 3. The average Bonchev–Trinajstić information content (AvgIpc) is 1.96. The van der Waals surface area contributed by atoms with Gasteiger partial charge in [0.05, 0.1) is 0 Å². The van der Waals surface area contributed by atoms with Crippen LogP contribution in [0, 0.1) is 9.39 Å². The molecule has 64 valence electrons. The highest BCUT2D eigenvalue weighted by molar-refractivity contribution is 14.1. The molecule has 0 aliphatic rings. The zero-order chi connectivity index (χ0) is 9.30. The number of rotatable bonds is 1. The number of hydrogen-bond acceptors (Lipinski definition) is 1. The molecule has 0 aliphatic carbocycles. The maximum atomic E-state index is 12.8. The molecule has 0 amide bonds. The molecule has 0 unspecified atom stereocenters. The largest absolute Gasteiger partial charge is 0.294 e. The fourth-order valence-electron chi connectivity index (χ4n) is 0.812. The van der Waals surface area contributed by atoms with E-state index in [4.69, 9.17) is 0 Å². The van der Waals surface area contributed by atoms with Gasteiger partial charge in [-0.25, -0.2) is 4.39 Å². The molecule has 1 aromatic carbocycles. The number of carbonyl (C=O) groups is 1. The molecule has 12 heavy (non-hydrogen) atoms. The summed E-state index contributed by atoms with van der Waals surface area (Å²) in [7, 11) is 0. The van der Waals surface area contributed by atoms with Gasteiger partial charge in [0.1, 0.15) is 5.82 Å². The predicted octanol–water partition coefficient (Wildman–Crippen LogP) is 3.40. The van der Waals surface area contributed by atoms with Crippen LogP contribution < -0.4 is 0 Å². The van der Waals surface area contributed by atoms with E-state index in [1.54, 1.807) is 0 Å². The van der Waals surface area contributed by atoms with Crippen molar-refractivity contribution in [1.82, 2.24) is 0 Å². The third-order valence-corrected chi connectivity index (χ3v) is 3.82. The maximum absolute atomic E-state index is 12.8. The number of Topliss-reactive ketones (excluding diaryl/α,β-unsaturated/α-hetero) is 1. The first-order valence-electron chi connectivity index (χ1n) is 3.18. The number of benzene rings is 1. The van der Waals surface area contributed by atoms with Crippen molar-refractivity contribution in [3.8, 4) is 0 Å². The van der Waals surface area contributed by atoms with E-state index in [9.17, 15) is 9.18 Å². The zero-order valence-electron chi connectivity index (χ0n) is 6.20. The molecule has 4 heteroatoms. The topological polar surface area (TPSA) is 17.1 Å². The molecule has 0 fully saturated rings. The van der Waals surface area contributed by atoms with E-state index in [-0.39, 0.29) is 11.6 Å². The zero-order valence-corrected chi connectivity index (χ0v) is 9.94. The van der Waals surface area contributed by atoms with Crippen molar-refractivity contribution in [2.45, 2.75) is 6.92 Å². The first-order valence-corrected chi connectivity index (χ1v) is 5.05. The Labute approximate surface area is 91.6 Å². The molecule has 0 radical (unpaired) electrons. The van der Waals surface area contributed by atoms with Crippen molar-refractivity contribution >= 4 is 44.3 Å². The molecule has 0 spiro atoms. The molecule has 0 saturated carbocycles. The number of hydrogen-bond donors (Lipinski definition) is 0. The fraction of sp³-hybridized carbons (Fsp3) is 0.125. The molecule has 0 atom stereocenters. The van der Waals surface area contributed by atoms with Crippen LogP contribution in [0.1, 0.15) is 17.3 Å². The third-order valence-electron chi connectivity index (χ3n) is 1.37. The van der Waals surface area contributed by atoms with Gasteiger partial charge in [-0.15, -0.1) is 0 Å². The molecule has 0 aromatic heterocycles. The average molecular weight is 343 g/mol. The summed E-state index contributed by atoms with van der Waals surface area (Å²) in [5.41, 5.74) is 0.388. The van der Waals surface area contributed by atoms with Gasteiger partial charge in [0, 0.05) is 13.6 Å². The summed E-state index contributed by atoms with van der Waals surface area (Å²) in [5.74, 6) is -0.521. The minimum atomic E-state index is -0.382. The van der Waals surface area contributed by atoms with Gasteiger partial charge >= 0.3 is 0 Å². The highest BCUT2D eigenvalue weighted by Crippen LogP contribution is 2.25. The van der Waals surface area contributed by atoms with Crippen LogP contribution in [0.3, 0.4) is 0 Å². The molecular weight excluding hydrogens is 338 g/mol. The minimum absolute atomic E-state index is 0.140. The van der Waals surface area contributed by atoms with Gasteiger partial charge < -0.3 is 0 Å². The van der Waals surface area contributed by atoms with E-state index in [2.05, 4.69) is 15.9 Å². The summed E-state index contributed by atoms with van der Waals surface area (Å²) in [6.07, 6.45) is 0. The summed E-state index contributed by atoms with van der Waals surface area (Å²) >= 11 is 5.19. The van der Waals surface area contributed by atoms with Gasteiger partial charge in [0.2, 0.25) is 0 Å². The SMILES string of the molecule is CC(=O)c1cc(F)cc(I)c1Br. The maximum Gasteiger partial charge on any atom is 0.161 e. The summed E-state index contributed by atoms with van der Waals surface area (Å²) in [4.78, 5) is 11.0. The number of ketones is 1. The standard InChI is InChI=1S/C8H5BrFIO/c1-4(12)6-2-5(10)3-7(11)8(6)9/h2-3H,1H3. The van der Waals surface area contributed by atoms with E-state index >= 15 is 0 Å². The smallest absolute Gasteiger partial charge is 0.161 e. The van der Waals surface area contributed by atoms with Gasteiger partial charge in [0.25, 0.3) is 0 Å². The van der Waals surface area contributed by atoms with Crippen LogP contribution in [-0.4, -0.2) is 5.78 Å². The van der Waals surface area contributed by atoms with Crippen LogP contribution in [0.2, 0.25) is 0 Å². The van der Waals surface area contributed by atoms with Gasteiger partial charge in [0.15, 0.2) is 5.78 Å². The molecule has 0 saturated heterocycles. The van der Waals surface area contributed by atoms with E-state index in [0.717, 1.165) is 0 Å². The lowest BCUT2D eigenvalue weighted by atomic mass is 10.1. The molecular formula is C8H5BrFIO. The number of carbonyl (C=O) groups excluding carboxylic acids is 1. The minimum Gasteiger partial charge on any atom is -0.294 e. The van der Waals surface area contributed by atoms with Crippen molar-refractivity contribution in [3.05, 3.63) is 31.6 Å². The molecule has 0 heterocycles. The van der Waals surface area contributed by atoms with E-state index in [0.29, 0.717) is 13.6 Å². The second-order valence-electron chi connectivity index (χ2n) is 2.31. The molecule has 0 aliphatic heterocycles. The first kappa shape index (κ1) is 10.1. The highest BCUT2D eigenvalue weighted by Gasteiger charge is 2.09. The van der Waals surface area contributed by atoms with Gasteiger partial charge in [-0.1, -0.05) is 0 Å². The van der Waals surface area contributed by atoms with Crippen LogP contribution >= 0.6 is 38.5 Å². The Kier molecular flexibility index (Phi) is 3.22. The predicted molar refractivity (Wildman–Crippen MR) is 56.8 cm³/mol. The summed E-state index contributed by atoms with van der Waals surface area (Å²) in [6, 6.07) is 2.60. The monoisotopic (exact) mass is 342 g/mol. The summed E-state index contributed by atoms with van der Waals surface area (Å²) in [6.45, 7) is 1.41. The normalized spacial score (nSPS) is 10.0. The highest BCUT2D eigenvalue weighted by atomic mass is 127. The molecule has 1 nitrogen and oxygen atoms in total. The van der Waals surface area contributed by atoms with Crippen molar-refractivity contribution < 1.29 is 9.18 Å². The van der Waals surface area contributed by atoms with Crippen LogP contribution in [0.15, 0.2) is 16.6 Å². The quantitative estimate of drug-likeness (QED) is 0.434. The van der Waals surface area contributed by atoms with E-state index in [1.807, 2.05) is 22.6 Å². The van der Waals surface area contributed by atoms with Crippen molar-refractivity contribution in [2.75, 3.05) is 0 Å². The van der Waals surface area contributed by atoms with Crippen molar-refractivity contribution in [3.63, 3.8) is 0 Å². The van der Waals surface area contributed by atoms with Crippen LogP contribution in [0.5, 0.6) is 0 Å².